The number of carbonyl (C=O) groups excluding carboxylic acids is 1. The van der Waals surface area contributed by atoms with Gasteiger partial charge in [0.1, 0.15) is 0 Å². The fourth-order valence-corrected chi connectivity index (χ4v) is 3.80. The maximum Gasteiger partial charge on any atom is 0.236 e. The zero-order chi connectivity index (χ0) is 15.2. The molecule has 0 radical (unpaired) electrons. The van der Waals surface area contributed by atoms with E-state index in [-0.39, 0.29) is 0 Å². The number of hydrogen-bond acceptors (Lipinski definition) is 4. The van der Waals surface area contributed by atoms with Crippen molar-refractivity contribution in [3.05, 3.63) is 0 Å². The monoisotopic (exact) mass is 309 g/mol. The Bertz CT molecular complexity index is 344. The molecule has 1 atom stereocenters. The molecule has 1 unspecified atom stereocenters. The van der Waals surface area contributed by atoms with Gasteiger partial charge in [-0.15, -0.1) is 0 Å². The van der Waals surface area contributed by atoms with Crippen molar-refractivity contribution in [2.45, 2.75) is 44.6 Å². The molecule has 5 nitrogen and oxygen atoms in total. The molecular weight excluding hydrogens is 278 g/mol. The van der Waals surface area contributed by atoms with Gasteiger partial charge in [-0.25, -0.2) is 0 Å². The Hall–Kier alpha value is -0.650. The van der Waals surface area contributed by atoms with Crippen molar-refractivity contribution in [1.29, 1.82) is 0 Å². The molecular formula is C17H31N3O2. The van der Waals surface area contributed by atoms with Gasteiger partial charge in [0.05, 0.1) is 12.6 Å². The first-order valence-electron chi connectivity index (χ1n) is 9.15. The summed E-state index contributed by atoms with van der Waals surface area (Å²) >= 11 is 0. The van der Waals surface area contributed by atoms with Crippen LogP contribution in [0.15, 0.2) is 0 Å². The second-order valence-corrected chi connectivity index (χ2v) is 7.01. The van der Waals surface area contributed by atoms with Gasteiger partial charge >= 0.3 is 0 Å². The fourth-order valence-electron chi connectivity index (χ4n) is 3.80. The maximum absolute atomic E-state index is 12.3. The molecule has 3 aliphatic rings. The highest BCUT2D eigenvalue weighted by Gasteiger charge is 2.24. The van der Waals surface area contributed by atoms with Crippen molar-refractivity contribution in [3.63, 3.8) is 0 Å². The molecule has 0 aliphatic carbocycles. The molecule has 0 bridgehead atoms. The minimum atomic E-state index is 0.337. The lowest BCUT2D eigenvalue weighted by Gasteiger charge is -2.37. The van der Waals surface area contributed by atoms with Crippen LogP contribution in [0.3, 0.4) is 0 Å². The predicted molar refractivity (Wildman–Crippen MR) is 86.9 cm³/mol. The Morgan fingerprint density at radius 1 is 0.864 bits per heavy atom. The number of amides is 1. The van der Waals surface area contributed by atoms with Gasteiger partial charge < -0.3 is 9.64 Å². The normalized spacial score (nSPS) is 28.7. The predicted octanol–water partition coefficient (Wildman–Crippen LogP) is 1.19. The minimum Gasteiger partial charge on any atom is -0.377 e. The van der Waals surface area contributed by atoms with Gasteiger partial charge in [-0.3, -0.25) is 14.6 Å². The lowest BCUT2D eigenvalue weighted by molar-refractivity contribution is -0.133. The Morgan fingerprint density at radius 3 is 2.27 bits per heavy atom. The van der Waals surface area contributed by atoms with Crippen LogP contribution in [0.5, 0.6) is 0 Å². The van der Waals surface area contributed by atoms with Crippen LogP contribution >= 0.6 is 0 Å². The quantitative estimate of drug-likeness (QED) is 0.781. The van der Waals surface area contributed by atoms with Crippen molar-refractivity contribution < 1.29 is 9.53 Å². The van der Waals surface area contributed by atoms with E-state index in [1.165, 1.54) is 38.5 Å². The smallest absolute Gasteiger partial charge is 0.236 e. The number of nitrogens with zero attached hydrogens (tertiary/aromatic N) is 3. The van der Waals surface area contributed by atoms with E-state index in [1.54, 1.807) is 0 Å². The summed E-state index contributed by atoms with van der Waals surface area (Å²) in [5.41, 5.74) is 0. The average molecular weight is 309 g/mol. The highest BCUT2D eigenvalue weighted by molar-refractivity contribution is 5.78. The summed E-state index contributed by atoms with van der Waals surface area (Å²) in [4.78, 5) is 19.2. The topological polar surface area (TPSA) is 36.0 Å². The van der Waals surface area contributed by atoms with Crippen LogP contribution in [0, 0.1) is 0 Å². The molecule has 0 aromatic carbocycles. The highest BCUT2D eigenvalue weighted by Crippen LogP contribution is 2.15. The molecule has 0 N–H and O–H groups in total. The van der Waals surface area contributed by atoms with Gasteiger partial charge in [0.2, 0.25) is 5.91 Å². The SMILES string of the molecule is O=C(CN1CCN(CC2CCCCO2)CC1)N1CCCCC1. The molecule has 3 heterocycles. The number of piperazine rings is 1. The molecule has 3 fully saturated rings. The van der Waals surface area contributed by atoms with Gasteiger partial charge in [0.25, 0.3) is 0 Å². The van der Waals surface area contributed by atoms with E-state index in [1.807, 2.05) is 0 Å². The van der Waals surface area contributed by atoms with Crippen LogP contribution in [-0.4, -0.2) is 85.7 Å². The zero-order valence-electron chi connectivity index (χ0n) is 13.8. The summed E-state index contributed by atoms with van der Waals surface area (Å²) in [5.74, 6) is 0.337. The van der Waals surface area contributed by atoms with Crippen LogP contribution in [0.1, 0.15) is 38.5 Å². The summed E-state index contributed by atoms with van der Waals surface area (Å²) in [6.07, 6.45) is 7.84. The number of carbonyl (C=O) groups is 1. The van der Waals surface area contributed by atoms with Crippen LogP contribution in [0.4, 0.5) is 0 Å². The summed E-state index contributed by atoms with van der Waals surface area (Å²) in [6.45, 7) is 8.77. The van der Waals surface area contributed by atoms with E-state index >= 15 is 0 Å². The largest absolute Gasteiger partial charge is 0.377 e. The van der Waals surface area contributed by atoms with Gasteiger partial charge in [-0.2, -0.15) is 0 Å². The third kappa shape index (κ3) is 4.67. The molecule has 0 saturated carbocycles. The third-order valence-corrected chi connectivity index (χ3v) is 5.27. The van der Waals surface area contributed by atoms with Crippen LogP contribution in [0.25, 0.3) is 0 Å². The first kappa shape index (κ1) is 16.2. The van der Waals surface area contributed by atoms with Crippen LogP contribution < -0.4 is 0 Å². The van der Waals surface area contributed by atoms with E-state index in [0.29, 0.717) is 18.6 Å². The van der Waals surface area contributed by atoms with Crippen molar-refractivity contribution in [2.24, 2.45) is 0 Å². The molecule has 3 saturated heterocycles. The van der Waals surface area contributed by atoms with Crippen LogP contribution in [0.2, 0.25) is 0 Å². The Labute approximate surface area is 134 Å². The van der Waals surface area contributed by atoms with E-state index in [2.05, 4.69) is 14.7 Å². The molecule has 0 aromatic heterocycles. The number of likely N-dealkylation sites (tertiary alicyclic amines) is 1. The maximum atomic E-state index is 12.3. The van der Waals surface area contributed by atoms with Gasteiger partial charge in [0, 0.05) is 52.4 Å². The van der Waals surface area contributed by atoms with Gasteiger partial charge in [-0.05, 0) is 38.5 Å². The van der Waals surface area contributed by atoms with Gasteiger partial charge in [-0.1, -0.05) is 0 Å². The molecule has 3 aliphatic heterocycles. The molecule has 0 spiro atoms. The summed E-state index contributed by atoms with van der Waals surface area (Å²) in [5, 5.41) is 0. The number of hydrogen-bond donors (Lipinski definition) is 0. The highest BCUT2D eigenvalue weighted by atomic mass is 16.5. The number of rotatable bonds is 4. The van der Waals surface area contributed by atoms with E-state index in [9.17, 15) is 4.79 Å². The molecule has 22 heavy (non-hydrogen) atoms. The van der Waals surface area contributed by atoms with Crippen molar-refractivity contribution in [2.75, 3.05) is 59.0 Å². The Balaban J connectivity index is 1.35. The number of piperidine rings is 1. The molecule has 126 valence electrons. The van der Waals surface area contributed by atoms with Gasteiger partial charge in [0.15, 0.2) is 0 Å². The molecule has 1 amide bonds. The lowest BCUT2D eigenvalue weighted by atomic mass is 10.1. The van der Waals surface area contributed by atoms with E-state index < -0.39 is 0 Å². The van der Waals surface area contributed by atoms with E-state index in [4.69, 9.17) is 4.74 Å². The van der Waals surface area contributed by atoms with Crippen molar-refractivity contribution >= 4 is 5.91 Å². The second-order valence-electron chi connectivity index (χ2n) is 7.01. The lowest BCUT2D eigenvalue weighted by Crippen LogP contribution is -2.52. The van der Waals surface area contributed by atoms with E-state index in [0.717, 1.165) is 52.4 Å². The van der Waals surface area contributed by atoms with Crippen molar-refractivity contribution in [1.82, 2.24) is 14.7 Å². The zero-order valence-corrected chi connectivity index (χ0v) is 13.8. The second kappa shape index (κ2) is 8.27. The fraction of sp³-hybridized carbons (Fsp3) is 0.941. The molecule has 0 aromatic rings. The number of ether oxygens (including phenoxy) is 1. The van der Waals surface area contributed by atoms with Crippen LogP contribution in [-0.2, 0) is 9.53 Å². The molecule has 3 rings (SSSR count). The third-order valence-electron chi connectivity index (χ3n) is 5.27. The van der Waals surface area contributed by atoms with Crippen molar-refractivity contribution in [3.8, 4) is 0 Å². The summed E-state index contributed by atoms with van der Waals surface area (Å²) < 4.78 is 5.84. The standard InChI is InChI=1S/C17H31N3O2/c21-17(20-7-3-1-4-8-20)15-19-11-9-18(10-12-19)14-16-6-2-5-13-22-16/h16H,1-15H2. The summed E-state index contributed by atoms with van der Waals surface area (Å²) in [6, 6.07) is 0. The summed E-state index contributed by atoms with van der Waals surface area (Å²) in [7, 11) is 0. The minimum absolute atomic E-state index is 0.337. The first-order chi connectivity index (χ1) is 10.8. The Morgan fingerprint density at radius 2 is 1.59 bits per heavy atom. The first-order valence-corrected chi connectivity index (χ1v) is 9.15. The molecule has 5 heteroatoms. The average Bonchev–Trinajstić information content (AvgIpc) is 2.58. The Kier molecular flexibility index (Phi) is 6.10.